The van der Waals surface area contributed by atoms with E-state index in [2.05, 4.69) is 0 Å². The second kappa shape index (κ2) is 6.56. The molecular weight excluding hydrogens is 355 g/mol. The zero-order valence-corrected chi connectivity index (χ0v) is 15.3. The Balaban J connectivity index is 2.09. The lowest BCUT2D eigenvalue weighted by Crippen LogP contribution is -2.12. The van der Waals surface area contributed by atoms with Gasteiger partial charge in [0.05, 0.1) is 5.92 Å². The topological polar surface area (TPSA) is 52.3 Å². The molecule has 0 saturated heterocycles. The van der Waals surface area contributed by atoms with Crippen molar-refractivity contribution in [2.24, 2.45) is 17.3 Å². The summed E-state index contributed by atoms with van der Waals surface area (Å²) in [5.74, 6) is -1.78. The maximum absolute atomic E-state index is 12.6. The Labute approximate surface area is 150 Å². The largest absolute Gasteiger partial charge is 0.461 e. The second-order valence-electron chi connectivity index (χ2n) is 7.02. The first-order valence-electron chi connectivity index (χ1n) is 7.83. The molecule has 0 aliphatic heterocycles. The van der Waals surface area contributed by atoms with Gasteiger partial charge in [0, 0.05) is 5.69 Å². The van der Waals surface area contributed by atoms with Crippen LogP contribution in [0.25, 0.3) is 0 Å². The smallest absolute Gasteiger partial charge is 0.426 e. The van der Waals surface area contributed by atoms with Gasteiger partial charge in [0.2, 0.25) is 0 Å². The van der Waals surface area contributed by atoms with Gasteiger partial charge in [-0.05, 0) is 47.9 Å². The summed E-state index contributed by atoms with van der Waals surface area (Å²) in [7, 11) is 0. The Bertz CT molecular complexity index is 726. The summed E-state index contributed by atoms with van der Waals surface area (Å²) < 4.78 is 43.1. The Morgan fingerprint density at radius 1 is 1.36 bits per heavy atom. The third kappa shape index (κ3) is 3.94. The van der Waals surface area contributed by atoms with Gasteiger partial charge in [-0.1, -0.05) is 37.6 Å². The van der Waals surface area contributed by atoms with Gasteiger partial charge in [-0.25, -0.2) is 0 Å². The number of halogens is 4. The van der Waals surface area contributed by atoms with Crippen LogP contribution in [0.3, 0.4) is 0 Å². The predicted octanol–water partition coefficient (Wildman–Crippen LogP) is 4.89. The minimum atomic E-state index is -4.61. The lowest BCUT2D eigenvalue weighted by atomic mass is 10.0. The SMILES string of the molecule is Cc1ccc(N)c(C)c1COC(=O)C1C(C=C(Cl)C(F)(F)F)C1(C)C. The molecule has 7 heteroatoms. The van der Waals surface area contributed by atoms with E-state index in [1.165, 1.54) is 0 Å². The highest BCUT2D eigenvalue weighted by Gasteiger charge is 2.62. The summed E-state index contributed by atoms with van der Waals surface area (Å²) in [5.41, 5.74) is 8.42. The van der Waals surface area contributed by atoms with Crippen LogP contribution in [0, 0.1) is 31.1 Å². The number of esters is 1. The first-order valence-corrected chi connectivity index (χ1v) is 8.21. The van der Waals surface area contributed by atoms with Gasteiger partial charge in [-0.15, -0.1) is 0 Å². The molecule has 0 spiro atoms. The number of hydrogen-bond acceptors (Lipinski definition) is 3. The molecule has 0 bridgehead atoms. The summed E-state index contributed by atoms with van der Waals surface area (Å²) in [4.78, 5) is 12.3. The van der Waals surface area contributed by atoms with Crippen LogP contribution in [0.15, 0.2) is 23.2 Å². The Kier molecular flexibility index (Phi) is 5.15. The number of rotatable bonds is 4. The highest BCUT2D eigenvalue weighted by atomic mass is 35.5. The minimum Gasteiger partial charge on any atom is -0.461 e. The number of allylic oxidation sites excluding steroid dienone is 2. The predicted molar refractivity (Wildman–Crippen MR) is 90.9 cm³/mol. The van der Waals surface area contributed by atoms with E-state index in [-0.39, 0.29) is 6.61 Å². The van der Waals surface area contributed by atoms with Crippen LogP contribution < -0.4 is 5.73 Å². The third-order valence-electron chi connectivity index (χ3n) is 4.99. The molecule has 1 aromatic rings. The molecule has 0 heterocycles. The molecule has 3 nitrogen and oxygen atoms in total. The van der Waals surface area contributed by atoms with E-state index in [4.69, 9.17) is 22.1 Å². The maximum atomic E-state index is 12.6. The third-order valence-corrected chi connectivity index (χ3v) is 5.33. The molecule has 2 atom stereocenters. The number of carbonyl (C=O) groups excluding carboxylic acids is 1. The summed E-state index contributed by atoms with van der Waals surface area (Å²) in [6, 6.07) is 3.61. The van der Waals surface area contributed by atoms with Crippen molar-refractivity contribution in [1.29, 1.82) is 0 Å². The fourth-order valence-corrected chi connectivity index (χ4v) is 3.19. The van der Waals surface area contributed by atoms with Crippen molar-refractivity contribution < 1.29 is 22.7 Å². The molecule has 0 amide bonds. The van der Waals surface area contributed by atoms with E-state index in [1.54, 1.807) is 19.9 Å². The molecule has 25 heavy (non-hydrogen) atoms. The van der Waals surface area contributed by atoms with Crippen LogP contribution >= 0.6 is 11.6 Å². The molecule has 2 unspecified atom stereocenters. The highest BCUT2D eigenvalue weighted by molar-refractivity contribution is 6.30. The molecule has 1 aliphatic rings. The summed E-state index contributed by atoms with van der Waals surface area (Å²) in [6.45, 7) is 7.19. The molecular formula is C18H21ClF3NO2. The Hall–Kier alpha value is -1.69. The number of ether oxygens (including phenoxy) is 1. The van der Waals surface area contributed by atoms with E-state index in [0.29, 0.717) is 5.69 Å². The second-order valence-corrected chi connectivity index (χ2v) is 7.43. The van der Waals surface area contributed by atoms with Crippen LogP contribution in [0.1, 0.15) is 30.5 Å². The zero-order chi connectivity index (χ0) is 19.2. The van der Waals surface area contributed by atoms with E-state index in [9.17, 15) is 18.0 Å². The number of hydrogen-bond donors (Lipinski definition) is 1. The zero-order valence-electron chi connectivity index (χ0n) is 14.5. The van der Waals surface area contributed by atoms with Gasteiger partial charge in [0.15, 0.2) is 0 Å². The lowest BCUT2D eigenvalue weighted by Gasteiger charge is -2.13. The van der Waals surface area contributed by atoms with E-state index >= 15 is 0 Å². The van der Waals surface area contributed by atoms with E-state index in [0.717, 1.165) is 22.8 Å². The number of nitrogen functional groups attached to an aromatic ring is 1. The van der Waals surface area contributed by atoms with Crippen molar-refractivity contribution in [3.63, 3.8) is 0 Å². The summed E-state index contributed by atoms with van der Waals surface area (Å²) in [6.07, 6.45) is -3.70. The van der Waals surface area contributed by atoms with E-state index < -0.39 is 34.4 Å². The van der Waals surface area contributed by atoms with E-state index in [1.807, 2.05) is 19.9 Å². The standard InChI is InChI=1S/C18H21ClF3NO2/c1-9-5-6-13(23)10(2)11(9)8-25-16(24)15-12(17(15,3)4)7-14(19)18(20,21)22/h5-7,12,15H,8,23H2,1-4H3. The Morgan fingerprint density at radius 3 is 2.52 bits per heavy atom. The number of alkyl halides is 3. The first kappa shape index (κ1) is 19.6. The normalized spacial score (nSPS) is 22.6. The molecule has 138 valence electrons. The van der Waals surface area contributed by atoms with Crippen LogP contribution in [-0.4, -0.2) is 12.1 Å². The molecule has 1 fully saturated rings. The monoisotopic (exact) mass is 375 g/mol. The number of aryl methyl sites for hydroxylation is 1. The maximum Gasteiger partial charge on any atom is 0.426 e. The molecule has 2 rings (SSSR count). The van der Waals surface area contributed by atoms with Gasteiger partial charge in [0.25, 0.3) is 0 Å². The van der Waals surface area contributed by atoms with Gasteiger partial charge < -0.3 is 10.5 Å². The molecule has 1 aliphatic carbocycles. The molecule has 0 aromatic heterocycles. The van der Waals surface area contributed by atoms with Gasteiger partial charge in [0.1, 0.15) is 11.6 Å². The van der Waals surface area contributed by atoms with Crippen molar-refractivity contribution in [1.82, 2.24) is 0 Å². The fourth-order valence-electron chi connectivity index (χ4n) is 3.06. The van der Waals surface area contributed by atoms with Crippen LogP contribution in [0.4, 0.5) is 18.9 Å². The number of benzene rings is 1. The number of carbonyl (C=O) groups is 1. The first-order chi connectivity index (χ1) is 11.4. The average Bonchev–Trinajstić information content (AvgIpc) is 3.02. The number of nitrogens with two attached hydrogens (primary N) is 1. The minimum absolute atomic E-state index is 0.0392. The summed E-state index contributed by atoms with van der Waals surface area (Å²) in [5, 5.41) is -1.21. The fraction of sp³-hybridized carbons (Fsp3) is 0.500. The van der Waals surface area contributed by atoms with Gasteiger partial charge >= 0.3 is 12.1 Å². The quantitative estimate of drug-likeness (QED) is 0.602. The Morgan fingerprint density at radius 2 is 1.96 bits per heavy atom. The highest BCUT2D eigenvalue weighted by Crippen LogP contribution is 2.60. The van der Waals surface area contributed by atoms with Crippen LogP contribution in [0.5, 0.6) is 0 Å². The van der Waals surface area contributed by atoms with Gasteiger partial charge in [-0.3, -0.25) is 4.79 Å². The lowest BCUT2D eigenvalue weighted by molar-refractivity contribution is -0.147. The average molecular weight is 376 g/mol. The molecule has 1 saturated carbocycles. The molecule has 1 aromatic carbocycles. The van der Waals surface area contributed by atoms with Crippen molar-refractivity contribution in [2.75, 3.05) is 5.73 Å². The number of anilines is 1. The molecule has 2 N–H and O–H groups in total. The summed E-state index contributed by atoms with van der Waals surface area (Å²) >= 11 is 5.29. The van der Waals surface area contributed by atoms with Crippen molar-refractivity contribution in [2.45, 2.75) is 40.5 Å². The van der Waals surface area contributed by atoms with Crippen LogP contribution in [0.2, 0.25) is 0 Å². The van der Waals surface area contributed by atoms with Crippen molar-refractivity contribution >= 4 is 23.3 Å². The van der Waals surface area contributed by atoms with Crippen LogP contribution in [-0.2, 0) is 16.1 Å². The molecule has 0 radical (unpaired) electrons. The van der Waals surface area contributed by atoms with Crippen molar-refractivity contribution in [3.8, 4) is 0 Å². The van der Waals surface area contributed by atoms with Crippen molar-refractivity contribution in [3.05, 3.63) is 39.9 Å². The van der Waals surface area contributed by atoms with Gasteiger partial charge in [-0.2, -0.15) is 13.2 Å².